The van der Waals surface area contributed by atoms with Crippen molar-refractivity contribution in [3.8, 4) is 0 Å². The molecule has 0 spiro atoms. The van der Waals surface area contributed by atoms with Gasteiger partial charge in [0.05, 0.1) is 17.9 Å². The van der Waals surface area contributed by atoms with Crippen molar-refractivity contribution in [3.05, 3.63) is 53.4 Å². The van der Waals surface area contributed by atoms with E-state index in [9.17, 15) is 4.79 Å². The van der Waals surface area contributed by atoms with Crippen molar-refractivity contribution in [3.63, 3.8) is 0 Å². The van der Waals surface area contributed by atoms with Crippen molar-refractivity contribution < 1.29 is 14.1 Å². The van der Waals surface area contributed by atoms with E-state index >= 15 is 0 Å². The number of rotatable bonds is 4. The number of carbonyl (C=O) groups excluding carboxylic acids is 1. The largest absolute Gasteiger partial charge is 0.462 e. The van der Waals surface area contributed by atoms with E-state index in [1.165, 1.54) is 0 Å². The van der Waals surface area contributed by atoms with E-state index in [0.29, 0.717) is 18.6 Å². The van der Waals surface area contributed by atoms with Gasteiger partial charge in [-0.3, -0.25) is 0 Å². The monoisotopic (exact) mass is 231 g/mol. The van der Waals surface area contributed by atoms with Gasteiger partial charge in [0.2, 0.25) is 0 Å². The normalized spacial score (nSPS) is 10.2. The number of aromatic nitrogens is 1. The molecule has 4 nitrogen and oxygen atoms in total. The molecule has 4 heteroatoms. The molecule has 1 heterocycles. The van der Waals surface area contributed by atoms with Crippen LogP contribution in [0.25, 0.3) is 0 Å². The van der Waals surface area contributed by atoms with Crippen LogP contribution in [0, 0.1) is 6.92 Å². The maximum Gasteiger partial charge on any atom is 0.338 e. The van der Waals surface area contributed by atoms with Crippen molar-refractivity contribution in [1.82, 2.24) is 5.16 Å². The highest BCUT2D eigenvalue weighted by Gasteiger charge is 2.07. The van der Waals surface area contributed by atoms with Gasteiger partial charge in [-0.2, -0.15) is 0 Å². The van der Waals surface area contributed by atoms with Gasteiger partial charge in [-0.05, 0) is 19.1 Å². The molecule has 0 saturated carbocycles. The van der Waals surface area contributed by atoms with Crippen molar-refractivity contribution >= 4 is 5.97 Å². The lowest BCUT2D eigenvalue weighted by atomic mass is 10.2. The van der Waals surface area contributed by atoms with Gasteiger partial charge in [0.25, 0.3) is 0 Å². The van der Waals surface area contributed by atoms with Crippen LogP contribution >= 0.6 is 0 Å². The molecule has 1 aromatic carbocycles. The fourth-order valence-corrected chi connectivity index (χ4v) is 1.44. The third-order valence-electron chi connectivity index (χ3n) is 2.27. The summed E-state index contributed by atoms with van der Waals surface area (Å²) in [5, 5.41) is 3.76. The Kier molecular flexibility index (Phi) is 3.55. The van der Waals surface area contributed by atoms with Crippen LogP contribution in [0.4, 0.5) is 0 Å². The zero-order valence-electron chi connectivity index (χ0n) is 9.55. The predicted molar refractivity (Wildman–Crippen MR) is 61.7 cm³/mol. The maximum atomic E-state index is 11.6. The number of nitrogens with zero attached hydrogens (tertiary/aromatic N) is 1. The highest BCUT2D eigenvalue weighted by Crippen LogP contribution is 2.05. The van der Waals surface area contributed by atoms with Crippen LogP contribution in [0.3, 0.4) is 0 Å². The van der Waals surface area contributed by atoms with Crippen LogP contribution in [-0.4, -0.2) is 17.7 Å². The van der Waals surface area contributed by atoms with E-state index in [2.05, 4.69) is 5.16 Å². The average Bonchev–Trinajstić information content (AvgIpc) is 2.76. The van der Waals surface area contributed by atoms with Crippen LogP contribution in [0.15, 0.2) is 40.9 Å². The number of ether oxygens (including phenoxy) is 1. The summed E-state index contributed by atoms with van der Waals surface area (Å²) in [4.78, 5) is 11.6. The second kappa shape index (κ2) is 5.30. The Morgan fingerprint density at radius 1 is 1.35 bits per heavy atom. The topological polar surface area (TPSA) is 52.3 Å². The Labute approximate surface area is 99.2 Å². The molecule has 0 unspecified atom stereocenters. The summed E-state index contributed by atoms with van der Waals surface area (Å²) in [5.74, 6) is 0.408. The van der Waals surface area contributed by atoms with Crippen LogP contribution in [0.5, 0.6) is 0 Å². The molecule has 17 heavy (non-hydrogen) atoms. The van der Waals surface area contributed by atoms with Gasteiger partial charge in [-0.25, -0.2) is 4.79 Å². The maximum absolute atomic E-state index is 11.6. The molecule has 0 bridgehead atoms. The van der Waals surface area contributed by atoms with Crippen LogP contribution < -0.4 is 0 Å². The molecule has 0 saturated heterocycles. The molecule has 0 atom stereocenters. The van der Waals surface area contributed by atoms with Gasteiger partial charge in [0, 0.05) is 12.5 Å². The molecule has 2 aromatic rings. The number of hydrogen-bond acceptors (Lipinski definition) is 4. The number of esters is 1. The van der Waals surface area contributed by atoms with E-state index in [1.54, 1.807) is 24.3 Å². The van der Waals surface area contributed by atoms with Gasteiger partial charge in [0.1, 0.15) is 5.76 Å². The molecule has 0 radical (unpaired) electrons. The van der Waals surface area contributed by atoms with Crippen LogP contribution in [-0.2, 0) is 11.2 Å². The van der Waals surface area contributed by atoms with E-state index in [4.69, 9.17) is 9.26 Å². The second-order valence-corrected chi connectivity index (χ2v) is 3.69. The molecule has 0 aliphatic carbocycles. The molecular formula is C13H13NO3. The van der Waals surface area contributed by atoms with Crippen molar-refractivity contribution in [2.45, 2.75) is 13.3 Å². The summed E-state index contributed by atoms with van der Waals surface area (Å²) in [6.45, 7) is 2.14. The van der Waals surface area contributed by atoms with Crippen molar-refractivity contribution in [2.24, 2.45) is 0 Å². The first-order chi connectivity index (χ1) is 8.25. The molecular weight excluding hydrogens is 218 g/mol. The third kappa shape index (κ3) is 3.17. The minimum atomic E-state index is -0.318. The molecule has 0 aliphatic heterocycles. The van der Waals surface area contributed by atoms with E-state index in [0.717, 1.165) is 11.5 Å². The summed E-state index contributed by atoms with van der Waals surface area (Å²) in [6, 6.07) is 10.7. The molecule has 1 aromatic heterocycles. The zero-order valence-corrected chi connectivity index (χ0v) is 9.55. The Morgan fingerprint density at radius 2 is 2.12 bits per heavy atom. The summed E-state index contributed by atoms with van der Waals surface area (Å²) in [7, 11) is 0. The lowest BCUT2D eigenvalue weighted by Crippen LogP contribution is -2.07. The van der Waals surface area contributed by atoms with Gasteiger partial charge in [-0.1, -0.05) is 23.4 Å². The smallest absolute Gasteiger partial charge is 0.338 e. The molecule has 0 fully saturated rings. The van der Waals surface area contributed by atoms with Gasteiger partial charge < -0.3 is 9.26 Å². The van der Waals surface area contributed by atoms with Crippen LogP contribution in [0.2, 0.25) is 0 Å². The quantitative estimate of drug-likeness (QED) is 0.758. The lowest BCUT2D eigenvalue weighted by molar-refractivity contribution is 0.0503. The van der Waals surface area contributed by atoms with E-state index in [-0.39, 0.29) is 5.97 Å². The zero-order chi connectivity index (χ0) is 12.1. The average molecular weight is 231 g/mol. The third-order valence-corrected chi connectivity index (χ3v) is 2.27. The first kappa shape index (κ1) is 11.4. The van der Waals surface area contributed by atoms with Gasteiger partial charge in [-0.15, -0.1) is 0 Å². The Hall–Kier alpha value is -2.10. The Bertz CT molecular complexity index is 490. The van der Waals surface area contributed by atoms with Gasteiger partial charge in [0.15, 0.2) is 0 Å². The second-order valence-electron chi connectivity index (χ2n) is 3.69. The molecule has 2 rings (SSSR count). The van der Waals surface area contributed by atoms with E-state index < -0.39 is 0 Å². The van der Waals surface area contributed by atoms with Crippen LogP contribution in [0.1, 0.15) is 21.8 Å². The van der Waals surface area contributed by atoms with Crippen molar-refractivity contribution in [2.75, 3.05) is 6.61 Å². The summed E-state index contributed by atoms with van der Waals surface area (Å²) >= 11 is 0. The summed E-state index contributed by atoms with van der Waals surface area (Å²) in [5.41, 5.74) is 1.38. The Morgan fingerprint density at radius 3 is 2.76 bits per heavy atom. The molecule has 88 valence electrons. The number of carbonyl (C=O) groups is 1. The predicted octanol–water partition coefficient (Wildman–Crippen LogP) is 2.38. The van der Waals surface area contributed by atoms with Gasteiger partial charge >= 0.3 is 5.97 Å². The summed E-state index contributed by atoms with van der Waals surface area (Å²) in [6.07, 6.45) is 0.541. The first-order valence-electron chi connectivity index (χ1n) is 5.40. The first-order valence-corrected chi connectivity index (χ1v) is 5.40. The number of hydrogen-bond donors (Lipinski definition) is 0. The number of aryl methyl sites for hydroxylation is 1. The highest BCUT2D eigenvalue weighted by molar-refractivity contribution is 5.89. The highest BCUT2D eigenvalue weighted by atomic mass is 16.5. The number of benzene rings is 1. The fourth-order valence-electron chi connectivity index (χ4n) is 1.44. The molecule has 0 aliphatic rings. The lowest BCUT2D eigenvalue weighted by Gasteiger charge is -2.02. The minimum absolute atomic E-state index is 0.294. The molecule has 0 amide bonds. The Balaban J connectivity index is 1.81. The summed E-state index contributed by atoms with van der Waals surface area (Å²) < 4.78 is 10.1. The van der Waals surface area contributed by atoms with E-state index in [1.807, 2.05) is 19.1 Å². The van der Waals surface area contributed by atoms with Crippen molar-refractivity contribution in [1.29, 1.82) is 0 Å². The SMILES string of the molecule is Cc1cc(CCOC(=O)c2ccccc2)on1. The minimum Gasteiger partial charge on any atom is -0.462 e. The fraction of sp³-hybridized carbons (Fsp3) is 0.231. The standard InChI is InChI=1S/C13H13NO3/c1-10-9-12(17-14-10)7-8-16-13(15)11-5-3-2-4-6-11/h2-6,9H,7-8H2,1H3. The molecule has 0 N–H and O–H groups in total.